The lowest BCUT2D eigenvalue weighted by Gasteiger charge is -2.34. The summed E-state index contributed by atoms with van der Waals surface area (Å²) in [6, 6.07) is 0.384. The Labute approximate surface area is 193 Å². The summed E-state index contributed by atoms with van der Waals surface area (Å²) in [6.07, 6.45) is 9.50. The number of morpholine rings is 1. The molecule has 178 valence electrons. The summed E-state index contributed by atoms with van der Waals surface area (Å²) in [7, 11) is 0. The molecule has 33 heavy (non-hydrogen) atoms. The fourth-order valence-electron chi connectivity index (χ4n) is 5.62. The largest absolute Gasteiger partial charge is 0.398 e. The van der Waals surface area contributed by atoms with E-state index in [0.717, 1.165) is 56.8 Å². The molecule has 0 atom stereocenters. The maximum absolute atomic E-state index is 13.1. The van der Waals surface area contributed by atoms with Gasteiger partial charge in [-0.25, -0.2) is 4.98 Å². The van der Waals surface area contributed by atoms with E-state index in [2.05, 4.69) is 10.3 Å². The van der Waals surface area contributed by atoms with Gasteiger partial charge in [-0.3, -0.25) is 14.2 Å². The first kappa shape index (κ1) is 22.1. The Bertz CT molecular complexity index is 1080. The molecule has 1 aliphatic heterocycles. The van der Waals surface area contributed by atoms with Crippen LogP contribution >= 0.6 is 0 Å². The molecule has 3 aliphatic rings. The minimum absolute atomic E-state index is 0.0429. The van der Waals surface area contributed by atoms with Crippen LogP contribution in [-0.4, -0.2) is 57.7 Å². The molecule has 1 amide bonds. The Kier molecular flexibility index (Phi) is 6.23. The van der Waals surface area contributed by atoms with E-state index >= 15 is 0 Å². The second kappa shape index (κ2) is 9.29. The molecule has 9 heteroatoms. The monoisotopic (exact) mass is 454 g/mol. The summed E-state index contributed by atoms with van der Waals surface area (Å²) in [5.41, 5.74) is 7.90. The van der Waals surface area contributed by atoms with Crippen molar-refractivity contribution in [1.82, 2.24) is 19.4 Å². The van der Waals surface area contributed by atoms with Gasteiger partial charge in [0.15, 0.2) is 5.65 Å². The predicted molar refractivity (Wildman–Crippen MR) is 127 cm³/mol. The van der Waals surface area contributed by atoms with E-state index in [1.54, 1.807) is 13.1 Å². The van der Waals surface area contributed by atoms with Crippen LogP contribution in [0.25, 0.3) is 11.0 Å². The van der Waals surface area contributed by atoms with Crippen molar-refractivity contribution in [3.05, 3.63) is 22.1 Å². The highest BCUT2D eigenvalue weighted by Crippen LogP contribution is 2.33. The molecule has 0 radical (unpaired) electrons. The first-order chi connectivity index (χ1) is 16.0. The second-order valence-electron chi connectivity index (χ2n) is 9.71. The Balaban J connectivity index is 1.32. The minimum Gasteiger partial charge on any atom is -0.398 e. The lowest BCUT2D eigenvalue weighted by Crippen LogP contribution is -2.45. The normalized spacial score (nSPS) is 24.3. The predicted octanol–water partition coefficient (Wildman–Crippen LogP) is 2.63. The number of rotatable bonds is 4. The lowest BCUT2D eigenvalue weighted by atomic mass is 9.85. The Morgan fingerprint density at radius 1 is 1.12 bits per heavy atom. The average molecular weight is 455 g/mol. The number of fused-ring (bicyclic) bond motifs is 1. The zero-order valence-corrected chi connectivity index (χ0v) is 19.4. The van der Waals surface area contributed by atoms with Gasteiger partial charge in [0, 0.05) is 42.9 Å². The number of carbonyl (C=O) groups is 1. The summed E-state index contributed by atoms with van der Waals surface area (Å²) in [5.74, 6) is 0.888. The topological polar surface area (TPSA) is 115 Å². The summed E-state index contributed by atoms with van der Waals surface area (Å²) < 4.78 is 7.21. The van der Waals surface area contributed by atoms with Gasteiger partial charge in [-0.15, -0.1) is 0 Å². The summed E-state index contributed by atoms with van der Waals surface area (Å²) in [4.78, 5) is 37.1. The fraction of sp³-hybridized carbons (Fsp3) is 0.667. The minimum atomic E-state index is -0.0429. The molecule has 2 aromatic heterocycles. The van der Waals surface area contributed by atoms with E-state index in [1.165, 1.54) is 0 Å². The molecule has 3 heterocycles. The molecule has 0 bridgehead atoms. The second-order valence-corrected chi connectivity index (χ2v) is 9.71. The highest BCUT2D eigenvalue weighted by molar-refractivity contribution is 5.89. The number of amides is 1. The molecule has 1 saturated heterocycles. The van der Waals surface area contributed by atoms with Crippen molar-refractivity contribution in [1.29, 1.82) is 0 Å². The molecule has 0 spiro atoms. The molecule has 3 fully saturated rings. The SMILES string of the molecule is Cc1c(N)c2cnc(NC3CCC(C(=O)N4CCOCC4)CC3)nc2n(C2CCCC2)c1=O. The van der Waals surface area contributed by atoms with Gasteiger partial charge in [-0.2, -0.15) is 4.98 Å². The molecule has 0 unspecified atom stereocenters. The molecular formula is C24H34N6O3. The standard InChI is InChI=1S/C24H34N6O3/c1-15-20(25)19-14-26-24(28-21(19)30(22(15)31)18-4-2-3-5-18)27-17-8-6-16(7-9-17)23(32)29-10-12-33-13-11-29/h14,16-18H,2-13,25H2,1H3,(H,26,27,28). The zero-order valence-electron chi connectivity index (χ0n) is 19.4. The number of pyridine rings is 1. The summed E-state index contributed by atoms with van der Waals surface area (Å²) >= 11 is 0. The summed E-state index contributed by atoms with van der Waals surface area (Å²) in [5, 5.41) is 4.20. The number of carbonyl (C=O) groups excluding carboxylic acids is 1. The maximum Gasteiger partial charge on any atom is 0.257 e. The van der Waals surface area contributed by atoms with Crippen LogP contribution in [0.15, 0.2) is 11.0 Å². The van der Waals surface area contributed by atoms with Gasteiger partial charge in [-0.1, -0.05) is 12.8 Å². The zero-order chi connectivity index (χ0) is 22.9. The van der Waals surface area contributed by atoms with E-state index in [1.807, 2.05) is 9.47 Å². The van der Waals surface area contributed by atoms with Crippen LogP contribution < -0.4 is 16.6 Å². The Hall–Kier alpha value is -2.68. The van der Waals surface area contributed by atoms with E-state index in [-0.39, 0.29) is 29.5 Å². The van der Waals surface area contributed by atoms with Gasteiger partial charge in [0.05, 0.1) is 24.3 Å². The molecular weight excluding hydrogens is 420 g/mol. The number of hydrogen-bond donors (Lipinski definition) is 2. The van der Waals surface area contributed by atoms with Crippen LogP contribution in [0.1, 0.15) is 63.0 Å². The van der Waals surface area contributed by atoms with Gasteiger partial charge in [0.2, 0.25) is 11.9 Å². The van der Waals surface area contributed by atoms with Crippen LogP contribution in [0.5, 0.6) is 0 Å². The third-order valence-electron chi connectivity index (χ3n) is 7.65. The number of nitrogens with one attached hydrogen (secondary N) is 1. The molecule has 2 aliphatic carbocycles. The number of ether oxygens (including phenoxy) is 1. The highest BCUT2D eigenvalue weighted by atomic mass is 16.5. The number of aromatic nitrogens is 3. The third-order valence-corrected chi connectivity index (χ3v) is 7.65. The van der Waals surface area contributed by atoms with E-state index in [9.17, 15) is 9.59 Å². The van der Waals surface area contributed by atoms with Crippen molar-refractivity contribution in [3.63, 3.8) is 0 Å². The highest BCUT2D eigenvalue weighted by Gasteiger charge is 2.31. The smallest absolute Gasteiger partial charge is 0.257 e. The quantitative estimate of drug-likeness (QED) is 0.730. The van der Waals surface area contributed by atoms with Crippen molar-refractivity contribution in [2.75, 3.05) is 37.4 Å². The van der Waals surface area contributed by atoms with Crippen molar-refractivity contribution in [2.24, 2.45) is 5.92 Å². The van der Waals surface area contributed by atoms with E-state index < -0.39 is 0 Å². The Morgan fingerprint density at radius 3 is 2.52 bits per heavy atom. The maximum atomic E-state index is 13.1. The molecule has 5 rings (SSSR count). The van der Waals surface area contributed by atoms with E-state index in [0.29, 0.717) is 49.1 Å². The molecule has 0 aromatic carbocycles. The van der Waals surface area contributed by atoms with Crippen molar-refractivity contribution in [2.45, 2.75) is 70.4 Å². The van der Waals surface area contributed by atoms with Crippen molar-refractivity contribution in [3.8, 4) is 0 Å². The third kappa shape index (κ3) is 4.30. The van der Waals surface area contributed by atoms with Crippen LogP contribution in [0.3, 0.4) is 0 Å². The average Bonchev–Trinajstić information content (AvgIpc) is 3.38. The van der Waals surface area contributed by atoms with Gasteiger partial charge < -0.3 is 20.7 Å². The van der Waals surface area contributed by atoms with Crippen LogP contribution in [0.2, 0.25) is 0 Å². The van der Waals surface area contributed by atoms with Gasteiger partial charge in [0.1, 0.15) is 0 Å². The first-order valence-electron chi connectivity index (χ1n) is 12.3. The molecule has 2 aromatic rings. The lowest BCUT2D eigenvalue weighted by molar-refractivity contribution is -0.140. The van der Waals surface area contributed by atoms with Crippen LogP contribution in [0.4, 0.5) is 11.6 Å². The number of nitrogens with two attached hydrogens (primary N) is 1. The first-order valence-corrected chi connectivity index (χ1v) is 12.3. The molecule has 2 saturated carbocycles. The number of nitrogens with zero attached hydrogens (tertiary/aromatic N) is 4. The number of anilines is 2. The van der Waals surface area contributed by atoms with Crippen molar-refractivity contribution >= 4 is 28.6 Å². The van der Waals surface area contributed by atoms with Crippen molar-refractivity contribution < 1.29 is 9.53 Å². The number of hydrogen-bond acceptors (Lipinski definition) is 7. The van der Waals surface area contributed by atoms with Gasteiger partial charge in [-0.05, 0) is 45.4 Å². The van der Waals surface area contributed by atoms with Gasteiger partial charge in [0.25, 0.3) is 5.56 Å². The van der Waals surface area contributed by atoms with Gasteiger partial charge >= 0.3 is 0 Å². The molecule has 3 N–H and O–H groups in total. The summed E-state index contributed by atoms with van der Waals surface area (Å²) in [6.45, 7) is 4.46. The fourth-order valence-corrected chi connectivity index (χ4v) is 5.62. The molecule has 9 nitrogen and oxygen atoms in total. The number of nitrogen functional groups attached to an aromatic ring is 1. The van der Waals surface area contributed by atoms with Crippen LogP contribution in [0, 0.1) is 12.8 Å². The van der Waals surface area contributed by atoms with E-state index in [4.69, 9.17) is 15.5 Å². The Morgan fingerprint density at radius 2 is 1.82 bits per heavy atom. The van der Waals surface area contributed by atoms with Crippen LogP contribution in [-0.2, 0) is 9.53 Å².